The molecule has 4 rings (SSSR count). The van der Waals surface area contributed by atoms with E-state index >= 15 is 0 Å². The van der Waals surface area contributed by atoms with E-state index in [0.29, 0.717) is 12.2 Å². The number of benzene rings is 2. The Balaban J connectivity index is 1.51. The van der Waals surface area contributed by atoms with Gasteiger partial charge in [-0.1, -0.05) is 36.4 Å². The monoisotopic (exact) mass is 387 g/mol. The summed E-state index contributed by atoms with van der Waals surface area (Å²) in [4.78, 5) is 27.9. The average molecular weight is 387 g/mol. The van der Waals surface area contributed by atoms with Crippen LogP contribution in [0.5, 0.6) is 0 Å². The highest BCUT2D eigenvalue weighted by Gasteiger charge is 2.15. The Hall–Kier alpha value is -3.34. The van der Waals surface area contributed by atoms with E-state index in [1.165, 1.54) is 19.3 Å². The summed E-state index contributed by atoms with van der Waals surface area (Å²) >= 11 is 0. The molecule has 1 aliphatic rings. The summed E-state index contributed by atoms with van der Waals surface area (Å²) in [5.41, 5.74) is 2.68. The van der Waals surface area contributed by atoms with Crippen LogP contribution in [-0.4, -0.2) is 23.6 Å². The van der Waals surface area contributed by atoms with Gasteiger partial charge in [0, 0.05) is 30.7 Å². The van der Waals surface area contributed by atoms with Gasteiger partial charge in [-0.3, -0.25) is 9.59 Å². The normalized spacial score (nSPS) is 13.9. The maximum atomic E-state index is 12.8. The molecule has 148 valence electrons. The summed E-state index contributed by atoms with van der Waals surface area (Å²) in [6.07, 6.45) is 5.38. The number of nitrogens with one attached hydrogen (secondary N) is 1. The van der Waals surface area contributed by atoms with Crippen molar-refractivity contribution in [1.82, 2.24) is 4.57 Å². The van der Waals surface area contributed by atoms with Crippen molar-refractivity contribution in [3.63, 3.8) is 0 Å². The molecule has 29 heavy (non-hydrogen) atoms. The van der Waals surface area contributed by atoms with Crippen LogP contribution in [0.25, 0.3) is 0 Å². The largest absolute Gasteiger partial charge is 0.371 e. The lowest BCUT2D eigenvalue weighted by molar-refractivity contribution is 0.102. The fourth-order valence-electron chi connectivity index (χ4n) is 3.75. The van der Waals surface area contributed by atoms with Gasteiger partial charge in [-0.25, -0.2) is 0 Å². The van der Waals surface area contributed by atoms with Crippen molar-refractivity contribution in [2.24, 2.45) is 0 Å². The van der Waals surface area contributed by atoms with Crippen molar-refractivity contribution in [1.29, 1.82) is 0 Å². The Bertz CT molecular complexity index is 1040. The first-order valence-corrected chi connectivity index (χ1v) is 10.1. The van der Waals surface area contributed by atoms with Gasteiger partial charge in [0.15, 0.2) is 0 Å². The van der Waals surface area contributed by atoms with Crippen LogP contribution in [0.2, 0.25) is 0 Å². The van der Waals surface area contributed by atoms with Gasteiger partial charge in [0.25, 0.3) is 11.5 Å². The number of carbonyl (C=O) groups excluding carboxylic acids is 1. The molecule has 0 saturated carbocycles. The number of rotatable bonds is 5. The predicted molar refractivity (Wildman–Crippen MR) is 117 cm³/mol. The van der Waals surface area contributed by atoms with Gasteiger partial charge in [-0.2, -0.15) is 0 Å². The number of anilines is 2. The lowest BCUT2D eigenvalue weighted by Crippen LogP contribution is -2.30. The highest BCUT2D eigenvalue weighted by molar-refractivity contribution is 6.04. The molecule has 2 aromatic carbocycles. The van der Waals surface area contributed by atoms with Crippen molar-refractivity contribution < 1.29 is 4.79 Å². The molecule has 3 aromatic rings. The second-order valence-electron chi connectivity index (χ2n) is 7.39. The van der Waals surface area contributed by atoms with Crippen LogP contribution in [0.1, 0.15) is 35.2 Å². The molecule has 1 saturated heterocycles. The molecular formula is C24H25N3O2. The number of hydrogen-bond donors (Lipinski definition) is 1. The van der Waals surface area contributed by atoms with Crippen LogP contribution in [0, 0.1) is 0 Å². The van der Waals surface area contributed by atoms with Gasteiger partial charge in [-0.15, -0.1) is 0 Å². The summed E-state index contributed by atoms with van der Waals surface area (Å²) in [5, 5.41) is 2.89. The summed E-state index contributed by atoms with van der Waals surface area (Å²) < 4.78 is 1.56. The number of hydrogen-bond acceptors (Lipinski definition) is 3. The van der Waals surface area contributed by atoms with E-state index in [0.717, 1.165) is 24.3 Å². The number of amides is 1. The quantitative estimate of drug-likeness (QED) is 0.716. The molecule has 5 heteroatoms. The molecule has 1 aromatic heterocycles. The minimum Gasteiger partial charge on any atom is -0.371 e. The third-order valence-electron chi connectivity index (χ3n) is 5.29. The molecule has 0 atom stereocenters. The SMILES string of the molecule is O=C(Nc1cccc(N2CCCCC2)c1)c1cccn(Cc2ccccc2)c1=O. The maximum Gasteiger partial charge on any atom is 0.263 e. The molecular weight excluding hydrogens is 362 g/mol. The van der Waals surface area contributed by atoms with Gasteiger partial charge in [-0.05, 0) is 55.2 Å². The van der Waals surface area contributed by atoms with Gasteiger partial charge >= 0.3 is 0 Å². The molecule has 1 fully saturated rings. The number of carbonyl (C=O) groups is 1. The van der Waals surface area contributed by atoms with Crippen LogP contribution in [0.3, 0.4) is 0 Å². The number of aromatic nitrogens is 1. The first kappa shape index (κ1) is 19.0. The zero-order chi connectivity index (χ0) is 20.1. The van der Waals surface area contributed by atoms with Gasteiger partial charge in [0.05, 0.1) is 6.54 Å². The lowest BCUT2D eigenvalue weighted by Gasteiger charge is -2.29. The summed E-state index contributed by atoms with van der Waals surface area (Å²) in [5.74, 6) is -0.381. The zero-order valence-corrected chi connectivity index (χ0v) is 16.4. The van der Waals surface area contributed by atoms with Crippen LogP contribution < -0.4 is 15.8 Å². The maximum absolute atomic E-state index is 12.8. The van der Waals surface area contributed by atoms with E-state index in [1.807, 2.05) is 48.5 Å². The highest BCUT2D eigenvalue weighted by atomic mass is 16.2. The zero-order valence-electron chi connectivity index (χ0n) is 16.4. The third-order valence-corrected chi connectivity index (χ3v) is 5.29. The summed E-state index contributed by atoms with van der Waals surface area (Å²) in [6.45, 7) is 2.52. The fourth-order valence-corrected chi connectivity index (χ4v) is 3.75. The Morgan fingerprint density at radius 2 is 1.69 bits per heavy atom. The highest BCUT2D eigenvalue weighted by Crippen LogP contribution is 2.23. The van der Waals surface area contributed by atoms with E-state index in [2.05, 4.69) is 16.3 Å². The first-order valence-electron chi connectivity index (χ1n) is 10.1. The second-order valence-corrected chi connectivity index (χ2v) is 7.39. The van der Waals surface area contributed by atoms with Gasteiger partial charge < -0.3 is 14.8 Å². The summed E-state index contributed by atoms with van der Waals surface area (Å²) in [6, 6.07) is 20.9. The van der Waals surface area contributed by atoms with Crippen molar-refractivity contribution in [2.45, 2.75) is 25.8 Å². The van der Waals surface area contributed by atoms with Crippen LogP contribution in [-0.2, 0) is 6.54 Å². The smallest absolute Gasteiger partial charge is 0.263 e. The molecule has 0 radical (unpaired) electrons. The molecule has 1 amide bonds. The molecule has 2 heterocycles. The van der Waals surface area contributed by atoms with E-state index in [4.69, 9.17) is 0 Å². The topological polar surface area (TPSA) is 54.3 Å². The van der Waals surface area contributed by atoms with Gasteiger partial charge in [0.2, 0.25) is 0 Å². The Labute approximate surface area is 170 Å². The van der Waals surface area contributed by atoms with Crippen LogP contribution in [0.15, 0.2) is 77.7 Å². The molecule has 5 nitrogen and oxygen atoms in total. The van der Waals surface area contributed by atoms with E-state index in [-0.39, 0.29) is 17.0 Å². The fraction of sp³-hybridized carbons (Fsp3) is 0.250. The minimum atomic E-state index is -0.381. The number of piperidine rings is 1. The van der Waals surface area contributed by atoms with Crippen molar-refractivity contribution in [2.75, 3.05) is 23.3 Å². The van der Waals surface area contributed by atoms with E-state index in [1.54, 1.807) is 22.9 Å². The molecule has 0 bridgehead atoms. The Morgan fingerprint density at radius 1 is 0.897 bits per heavy atom. The van der Waals surface area contributed by atoms with Crippen molar-refractivity contribution >= 4 is 17.3 Å². The van der Waals surface area contributed by atoms with Crippen LogP contribution in [0.4, 0.5) is 11.4 Å². The second kappa shape index (κ2) is 8.78. The summed E-state index contributed by atoms with van der Waals surface area (Å²) in [7, 11) is 0. The van der Waals surface area contributed by atoms with Crippen molar-refractivity contribution in [3.8, 4) is 0 Å². The third kappa shape index (κ3) is 4.57. The number of nitrogens with zero attached hydrogens (tertiary/aromatic N) is 2. The molecule has 0 unspecified atom stereocenters. The first-order chi connectivity index (χ1) is 14.2. The molecule has 0 spiro atoms. The predicted octanol–water partition coefficient (Wildman–Crippen LogP) is 4.14. The Kier molecular flexibility index (Phi) is 5.75. The Morgan fingerprint density at radius 3 is 2.48 bits per heavy atom. The van der Waals surface area contributed by atoms with Crippen LogP contribution >= 0.6 is 0 Å². The van der Waals surface area contributed by atoms with E-state index in [9.17, 15) is 9.59 Å². The molecule has 0 aliphatic carbocycles. The average Bonchev–Trinajstić information content (AvgIpc) is 2.77. The van der Waals surface area contributed by atoms with Gasteiger partial charge in [0.1, 0.15) is 5.56 Å². The standard InChI is InChI=1S/C24H25N3O2/c28-23(25-20-11-7-12-21(17-20)26-14-5-2-6-15-26)22-13-8-16-27(24(22)29)18-19-9-3-1-4-10-19/h1,3-4,7-13,16-17H,2,5-6,14-15,18H2,(H,25,28). The lowest BCUT2D eigenvalue weighted by atomic mass is 10.1. The molecule has 1 N–H and O–H groups in total. The van der Waals surface area contributed by atoms with Crippen molar-refractivity contribution in [3.05, 3.63) is 94.4 Å². The number of pyridine rings is 1. The molecule has 1 aliphatic heterocycles. The minimum absolute atomic E-state index is 0.145. The van der Waals surface area contributed by atoms with E-state index < -0.39 is 0 Å².